The first-order chi connectivity index (χ1) is 14.3. The molecule has 2 aromatic carbocycles. The zero-order valence-corrected chi connectivity index (χ0v) is 16.2. The molecule has 6 heteroatoms. The Morgan fingerprint density at radius 2 is 1.97 bits per heavy atom. The summed E-state index contributed by atoms with van der Waals surface area (Å²) in [6.45, 7) is 2.47. The summed E-state index contributed by atoms with van der Waals surface area (Å²) < 4.78 is 11.7. The SMILES string of the molecule is COc1cccc(N2CCN(c3cnccn3)C(c3cc4ccccc4o3)C2)c1. The highest BCUT2D eigenvalue weighted by molar-refractivity contribution is 5.78. The van der Waals surface area contributed by atoms with Crippen LogP contribution in [-0.4, -0.2) is 36.7 Å². The molecule has 0 N–H and O–H groups in total. The van der Waals surface area contributed by atoms with Gasteiger partial charge in [-0.25, -0.2) is 4.98 Å². The van der Waals surface area contributed by atoms with Crippen LogP contribution in [0.2, 0.25) is 0 Å². The molecule has 0 saturated carbocycles. The summed E-state index contributed by atoms with van der Waals surface area (Å²) in [4.78, 5) is 13.5. The monoisotopic (exact) mass is 386 g/mol. The second kappa shape index (κ2) is 7.47. The average Bonchev–Trinajstić information content (AvgIpc) is 3.23. The van der Waals surface area contributed by atoms with Crippen molar-refractivity contribution in [1.29, 1.82) is 0 Å². The lowest BCUT2D eigenvalue weighted by Crippen LogP contribution is -2.49. The molecular formula is C23H22N4O2. The predicted octanol–water partition coefficient (Wildman–Crippen LogP) is 4.30. The topological polar surface area (TPSA) is 54.6 Å². The van der Waals surface area contributed by atoms with Gasteiger partial charge in [-0.15, -0.1) is 0 Å². The van der Waals surface area contributed by atoms with E-state index in [1.54, 1.807) is 19.5 Å². The van der Waals surface area contributed by atoms with Crippen molar-refractivity contribution in [3.8, 4) is 5.75 Å². The van der Waals surface area contributed by atoms with Crippen LogP contribution in [0.5, 0.6) is 5.75 Å². The van der Waals surface area contributed by atoms with E-state index in [0.717, 1.165) is 53.6 Å². The lowest BCUT2D eigenvalue weighted by Gasteiger charge is -2.42. The molecule has 0 radical (unpaired) electrons. The van der Waals surface area contributed by atoms with Crippen molar-refractivity contribution in [3.63, 3.8) is 0 Å². The normalized spacial score (nSPS) is 16.9. The van der Waals surface area contributed by atoms with Gasteiger partial charge >= 0.3 is 0 Å². The molecule has 0 aliphatic carbocycles. The maximum atomic E-state index is 6.25. The Balaban J connectivity index is 1.52. The summed E-state index contributed by atoms with van der Waals surface area (Å²) >= 11 is 0. The minimum atomic E-state index is 0.0269. The number of nitrogens with zero attached hydrogens (tertiary/aromatic N) is 4. The molecule has 2 aromatic heterocycles. The summed E-state index contributed by atoms with van der Waals surface area (Å²) in [6.07, 6.45) is 5.25. The van der Waals surface area contributed by atoms with Crippen molar-refractivity contribution in [3.05, 3.63) is 78.9 Å². The van der Waals surface area contributed by atoms with E-state index >= 15 is 0 Å². The Morgan fingerprint density at radius 3 is 2.79 bits per heavy atom. The lowest BCUT2D eigenvalue weighted by atomic mass is 10.1. The molecular weight excluding hydrogens is 364 g/mol. The fourth-order valence-corrected chi connectivity index (χ4v) is 3.95. The van der Waals surface area contributed by atoms with E-state index in [-0.39, 0.29) is 6.04 Å². The molecule has 29 heavy (non-hydrogen) atoms. The molecule has 1 fully saturated rings. The highest BCUT2D eigenvalue weighted by Gasteiger charge is 2.32. The minimum absolute atomic E-state index is 0.0269. The van der Waals surface area contributed by atoms with Crippen LogP contribution >= 0.6 is 0 Å². The van der Waals surface area contributed by atoms with E-state index in [1.807, 2.05) is 36.5 Å². The molecule has 0 amide bonds. The van der Waals surface area contributed by atoms with Crippen molar-refractivity contribution < 1.29 is 9.15 Å². The van der Waals surface area contributed by atoms with Gasteiger partial charge in [-0.2, -0.15) is 0 Å². The van der Waals surface area contributed by atoms with Gasteiger partial charge in [0.25, 0.3) is 0 Å². The number of hydrogen-bond acceptors (Lipinski definition) is 6. The first-order valence-electron chi connectivity index (χ1n) is 9.72. The summed E-state index contributed by atoms with van der Waals surface area (Å²) in [5.41, 5.74) is 2.05. The Labute approximate surface area is 169 Å². The number of anilines is 2. The standard InChI is InChI=1S/C23H22N4O2/c1-28-19-7-4-6-18(14-19)26-11-12-27(23-15-24-9-10-25-23)20(16-26)22-13-17-5-2-3-8-21(17)29-22/h2-10,13-15,20H,11-12,16H2,1H3. The molecule has 6 nitrogen and oxygen atoms in total. The molecule has 3 heterocycles. The predicted molar refractivity (Wildman–Crippen MR) is 114 cm³/mol. The zero-order chi connectivity index (χ0) is 19.6. The number of benzene rings is 2. The van der Waals surface area contributed by atoms with Crippen molar-refractivity contribution in [2.45, 2.75) is 6.04 Å². The fraction of sp³-hybridized carbons (Fsp3) is 0.217. The highest BCUT2D eigenvalue weighted by atomic mass is 16.5. The molecule has 5 rings (SSSR count). The first kappa shape index (κ1) is 17.6. The summed E-state index contributed by atoms with van der Waals surface area (Å²) in [6, 6.07) is 18.5. The van der Waals surface area contributed by atoms with Gasteiger partial charge in [0.05, 0.1) is 13.3 Å². The average molecular weight is 386 g/mol. The van der Waals surface area contributed by atoms with Crippen LogP contribution in [0.1, 0.15) is 11.8 Å². The quantitative estimate of drug-likeness (QED) is 0.521. The Hall–Kier alpha value is -3.54. The maximum Gasteiger partial charge on any atom is 0.147 e. The summed E-state index contributed by atoms with van der Waals surface area (Å²) in [7, 11) is 1.70. The molecule has 1 atom stereocenters. The second-order valence-electron chi connectivity index (χ2n) is 7.11. The van der Waals surface area contributed by atoms with Crippen LogP contribution in [0.15, 0.2) is 77.6 Å². The third kappa shape index (κ3) is 3.38. The van der Waals surface area contributed by atoms with Gasteiger partial charge in [0.2, 0.25) is 0 Å². The van der Waals surface area contributed by atoms with E-state index in [1.165, 1.54) is 0 Å². The van der Waals surface area contributed by atoms with Gasteiger partial charge < -0.3 is 19.0 Å². The van der Waals surface area contributed by atoms with E-state index in [2.05, 4.69) is 44.0 Å². The van der Waals surface area contributed by atoms with Gasteiger partial charge in [-0.3, -0.25) is 4.98 Å². The Morgan fingerprint density at radius 1 is 1.03 bits per heavy atom. The van der Waals surface area contributed by atoms with Gasteiger partial charge in [-0.05, 0) is 24.3 Å². The van der Waals surface area contributed by atoms with Crippen LogP contribution in [0.4, 0.5) is 11.5 Å². The third-order valence-corrected chi connectivity index (χ3v) is 5.42. The van der Waals surface area contributed by atoms with Crippen molar-refractivity contribution >= 4 is 22.5 Å². The first-order valence-corrected chi connectivity index (χ1v) is 9.72. The van der Waals surface area contributed by atoms with E-state index < -0.39 is 0 Å². The summed E-state index contributed by atoms with van der Waals surface area (Å²) in [5.74, 6) is 2.66. The summed E-state index contributed by atoms with van der Waals surface area (Å²) in [5, 5.41) is 1.11. The number of fused-ring (bicyclic) bond motifs is 1. The number of furan rings is 1. The lowest BCUT2D eigenvalue weighted by molar-refractivity contribution is 0.414. The van der Waals surface area contributed by atoms with Crippen molar-refractivity contribution in [2.75, 3.05) is 36.5 Å². The van der Waals surface area contributed by atoms with Crippen LogP contribution in [0, 0.1) is 0 Å². The number of ether oxygens (including phenoxy) is 1. The van der Waals surface area contributed by atoms with Gasteiger partial charge in [-0.1, -0.05) is 24.3 Å². The highest BCUT2D eigenvalue weighted by Crippen LogP contribution is 2.35. The van der Waals surface area contributed by atoms with E-state index in [4.69, 9.17) is 9.15 Å². The van der Waals surface area contributed by atoms with Gasteiger partial charge in [0, 0.05) is 49.2 Å². The fourth-order valence-electron chi connectivity index (χ4n) is 3.95. The smallest absolute Gasteiger partial charge is 0.147 e. The zero-order valence-electron chi connectivity index (χ0n) is 16.2. The van der Waals surface area contributed by atoms with Crippen LogP contribution < -0.4 is 14.5 Å². The maximum absolute atomic E-state index is 6.25. The van der Waals surface area contributed by atoms with Crippen LogP contribution in [-0.2, 0) is 0 Å². The number of piperazine rings is 1. The minimum Gasteiger partial charge on any atom is -0.497 e. The molecule has 0 spiro atoms. The third-order valence-electron chi connectivity index (χ3n) is 5.42. The number of hydrogen-bond donors (Lipinski definition) is 0. The van der Waals surface area contributed by atoms with Crippen LogP contribution in [0.25, 0.3) is 11.0 Å². The number of para-hydroxylation sites is 1. The van der Waals surface area contributed by atoms with E-state index in [9.17, 15) is 0 Å². The van der Waals surface area contributed by atoms with Gasteiger partial charge in [0.1, 0.15) is 29.0 Å². The Bertz CT molecular complexity index is 1080. The van der Waals surface area contributed by atoms with Crippen molar-refractivity contribution in [1.82, 2.24) is 9.97 Å². The number of aromatic nitrogens is 2. The molecule has 1 unspecified atom stereocenters. The molecule has 4 aromatic rings. The number of rotatable bonds is 4. The van der Waals surface area contributed by atoms with Crippen LogP contribution in [0.3, 0.4) is 0 Å². The molecule has 1 aliphatic rings. The second-order valence-corrected chi connectivity index (χ2v) is 7.11. The van der Waals surface area contributed by atoms with Gasteiger partial charge in [0.15, 0.2) is 0 Å². The Kier molecular flexibility index (Phi) is 4.52. The molecule has 1 saturated heterocycles. The largest absolute Gasteiger partial charge is 0.497 e. The number of methoxy groups -OCH3 is 1. The van der Waals surface area contributed by atoms with Crippen molar-refractivity contribution in [2.24, 2.45) is 0 Å². The molecule has 1 aliphatic heterocycles. The molecule has 146 valence electrons. The molecule has 0 bridgehead atoms. The van der Waals surface area contributed by atoms with E-state index in [0.29, 0.717) is 0 Å².